The number of rotatable bonds is 8. The van der Waals surface area contributed by atoms with Gasteiger partial charge in [-0.25, -0.2) is 0 Å². The van der Waals surface area contributed by atoms with Crippen molar-refractivity contribution in [3.05, 3.63) is 70.8 Å². The molecule has 0 saturated carbocycles. The molecule has 0 aliphatic carbocycles. The molecule has 132 valence electrons. The summed E-state index contributed by atoms with van der Waals surface area (Å²) in [6, 6.07) is 14.7. The Kier molecular flexibility index (Phi) is 7.16. The molecule has 0 atom stereocenters. The standard InChI is InChI=1S/C20H24N2O3/c1-15-6-3-7-16(12-15)14-22-20(24)18-9-4-8-17(13-18)19(23)21-10-5-11-25-2/h3-4,6-9,12-13H,5,10-11,14H2,1-2H3,(H,21,23)(H,22,24). The van der Waals surface area contributed by atoms with Crippen LogP contribution in [0, 0.1) is 6.92 Å². The molecular formula is C20H24N2O3. The average molecular weight is 340 g/mol. The van der Waals surface area contributed by atoms with Crippen LogP contribution < -0.4 is 10.6 Å². The van der Waals surface area contributed by atoms with Crippen molar-refractivity contribution in [1.82, 2.24) is 10.6 Å². The van der Waals surface area contributed by atoms with Crippen LogP contribution in [0.1, 0.15) is 38.3 Å². The first-order valence-electron chi connectivity index (χ1n) is 8.31. The van der Waals surface area contributed by atoms with Gasteiger partial charge in [-0.3, -0.25) is 9.59 Å². The lowest BCUT2D eigenvalue weighted by atomic mass is 10.1. The molecule has 0 spiro atoms. The molecular weight excluding hydrogens is 316 g/mol. The van der Waals surface area contributed by atoms with Crippen molar-refractivity contribution < 1.29 is 14.3 Å². The fourth-order valence-corrected chi connectivity index (χ4v) is 2.43. The van der Waals surface area contributed by atoms with E-state index < -0.39 is 0 Å². The van der Waals surface area contributed by atoms with E-state index in [-0.39, 0.29) is 11.8 Å². The van der Waals surface area contributed by atoms with Crippen molar-refractivity contribution in [1.29, 1.82) is 0 Å². The maximum absolute atomic E-state index is 12.3. The number of methoxy groups -OCH3 is 1. The first-order valence-corrected chi connectivity index (χ1v) is 8.31. The summed E-state index contributed by atoms with van der Waals surface area (Å²) in [5, 5.41) is 5.69. The number of carbonyl (C=O) groups excluding carboxylic acids is 2. The zero-order chi connectivity index (χ0) is 18.1. The molecule has 5 nitrogen and oxygen atoms in total. The Bertz CT molecular complexity index is 728. The van der Waals surface area contributed by atoms with E-state index >= 15 is 0 Å². The van der Waals surface area contributed by atoms with E-state index in [0.29, 0.717) is 30.8 Å². The molecule has 0 saturated heterocycles. The smallest absolute Gasteiger partial charge is 0.251 e. The van der Waals surface area contributed by atoms with Gasteiger partial charge >= 0.3 is 0 Å². The van der Waals surface area contributed by atoms with Gasteiger partial charge in [-0.1, -0.05) is 35.9 Å². The van der Waals surface area contributed by atoms with Gasteiger partial charge in [0.1, 0.15) is 0 Å². The number of nitrogens with one attached hydrogen (secondary N) is 2. The van der Waals surface area contributed by atoms with Crippen molar-refractivity contribution >= 4 is 11.8 Å². The van der Waals surface area contributed by atoms with Gasteiger partial charge in [-0.15, -0.1) is 0 Å². The number of hydrogen-bond acceptors (Lipinski definition) is 3. The zero-order valence-electron chi connectivity index (χ0n) is 14.7. The predicted molar refractivity (Wildman–Crippen MR) is 97.6 cm³/mol. The van der Waals surface area contributed by atoms with E-state index in [9.17, 15) is 9.59 Å². The third-order valence-electron chi connectivity index (χ3n) is 3.73. The highest BCUT2D eigenvalue weighted by Gasteiger charge is 2.10. The first kappa shape index (κ1) is 18.7. The van der Waals surface area contributed by atoms with Gasteiger partial charge in [0.15, 0.2) is 0 Å². The summed E-state index contributed by atoms with van der Waals surface area (Å²) < 4.78 is 4.95. The summed E-state index contributed by atoms with van der Waals surface area (Å²) in [5.41, 5.74) is 3.14. The molecule has 5 heteroatoms. The van der Waals surface area contributed by atoms with Gasteiger partial charge in [-0.05, 0) is 37.1 Å². The highest BCUT2D eigenvalue weighted by atomic mass is 16.5. The minimum atomic E-state index is -0.199. The molecule has 0 bridgehead atoms. The number of aryl methyl sites for hydroxylation is 1. The maximum atomic E-state index is 12.3. The Morgan fingerprint density at radius 3 is 2.32 bits per heavy atom. The SMILES string of the molecule is COCCCNC(=O)c1cccc(C(=O)NCc2cccc(C)c2)c1. The van der Waals surface area contributed by atoms with Gasteiger partial charge in [-0.2, -0.15) is 0 Å². The molecule has 2 aromatic carbocycles. The molecule has 25 heavy (non-hydrogen) atoms. The van der Waals surface area contributed by atoms with E-state index in [1.807, 2.05) is 31.2 Å². The summed E-state index contributed by atoms with van der Waals surface area (Å²) in [5.74, 6) is -0.389. The highest BCUT2D eigenvalue weighted by molar-refractivity contribution is 5.99. The largest absolute Gasteiger partial charge is 0.385 e. The van der Waals surface area contributed by atoms with Crippen molar-refractivity contribution in [2.75, 3.05) is 20.3 Å². The van der Waals surface area contributed by atoms with Gasteiger partial charge in [0.25, 0.3) is 11.8 Å². The molecule has 0 aliphatic rings. The zero-order valence-corrected chi connectivity index (χ0v) is 14.7. The molecule has 0 aliphatic heterocycles. The van der Waals surface area contributed by atoms with Crippen molar-refractivity contribution in [2.24, 2.45) is 0 Å². The van der Waals surface area contributed by atoms with Crippen LogP contribution in [0.2, 0.25) is 0 Å². The Labute approximate surface area is 148 Å². The third-order valence-corrected chi connectivity index (χ3v) is 3.73. The monoisotopic (exact) mass is 340 g/mol. The van der Waals surface area contributed by atoms with Gasteiger partial charge in [0.2, 0.25) is 0 Å². The lowest BCUT2D eigenvalue weighted by Gasteiger charge is -2.08. The predicted octanol–water partition coefficient (Wildman–Crippen LogP) is 2.69. The number of hydrogen-bond donors (Lipinski definition) is 2. The van der Waals surface area contributed by atoms with Crippen LogP contribution in [-0.4, -0.2) is 32.1 Å². The van der Waals surface area contributed by atoms with Gasteiger partial charge < -0.3 is 15.4 Å². The molecule has 2 N–H and O–H groups in total. The minimum absolute atomic E-state index is 0.190. The Balaban J connectivity index is 1.93. The van der Waals surface area contributed by atoms with Crippen LogP contribution in [0.15, 0.2) is 48.5 Å². The summed E-state index contributed by atoms with van der Waals surface area (Å²) in [6.45, 7) is 3.60. The molecule has 2 rings (SSSR count). The van der Waals surface area contributed by atoms with E-state index in [2.05, 4.69) is 10.6 Å². The average Bonchev–Trinajstić information content (AvgIpc) is 2.63. The van der Waals surface area contributed by atoms with Crippen molar-refractivity contribution in [3.8, 4) is 0 Å². The molecule has 0 aromatic heterocycles. The second kappa shape index (κ2) is 9.59. The van der Waals surface area contributed by atoms with Crippen LogP contribution >= 0.6 is 0 Å². The van der Waals surface area contributed by atoms with E-state index in [0.717, 1.165) is 17.5 Å². The first-order chi connectivity index (χ1) is 12.1. The van der Waals surface area contributed by atoms with Crippen LogP contribution in [0.5, 0.6) is 0 Å². The van der Waals surface area contributed by atoms with Crippen LogP contribution in [-0.2, 0) is 11.3 Å². The Morgan fingerprint density at radius 2 is 1.64 bits per heavy atom. The fourth-order valence-electron chi connectivity index (χ4n) is 2.43. The van der Waals surface area contributed by atoms with E-state index in [4.69, 9.17) is 4.74 Å². The second-order valence-electron chi connectivity index (χ2n) is 5.85. The second-order valence-corrected chi connectivity index (χ2v) is 5.85. The highest BCUT2D eigenvalue weighted by Crippen LogP contribution is 2.07. The molecule has 2 amide bonds. The van der Waals surface area contributed by atoms with Crippen molar-refractivity contribution in [3.63, 3.8) is 0 Å². The summed E-state index contributed by atoms with van der Waals surface area (Å²) in [7, 11) is 1.63. The summed E-state index contributed by atoms with van der Waals surface area (Å²) in [4.78, 5) is 24.4. The fraction of sp³-hybridized carbons (Fsp3) is 0.300. The number of ether oxygens (including phenoxy) is 1. The van der Waals surface area contributed by atoms with Gasteiger partial charge in [0.05, 0.1) is 0 Å². The number of benzene rings is 2. The molecule has 0 radical (unpaired) electrons. The third kappa shape index (κ3) is 6.04. The van der Waals surface area contributed by atoms with E-state index in [1.54, 1.807) is 31.4 Å². The van der Waals surface area contributed by atoms with Crippen molar-refractivity contribution in [2.45, 2.75) is 19.9 Å². The summed E-state index contributed by atoms with van der Waals surface area (Å²) >= 11 is 0. The maximum Gasteiger partial charge on any atom is 0.251 e. The topological polar surface area (TPSA) is 67.4 Å². The molecule has 2 aromatic rings. The lowest BCUT2D eigenvalue weighted by molar-refractivity contribution is 0.0948. The van der Waals surface area contributed by atoms with Crippen LogP contribution in [0.4, 0.5) is 0 Å². The lowest BCUT2D eigenvalue weighted by Crippen LogP contribution is -2.26. The van der Waals surface area contributed by atoms with Gasteiger partial charge in [0, 0.05) is 37.9 Å². The minimum Gasteiger partial charge on any atom is -0.385 e. The summed E-state index contributed by atoms with van der Waals surface area (Å²) in [6.07, 6.45) is 0.749. The quantitative estimate of drug-likeness (QED) is 0.726. The molecule has 0 heterocycles. The van der Waals surface area contributed by atoms with Crippen LogP contribution in [0.3, 0.4) is 0 Å². The molecule has 0 fully saturated rings. The molecule has 0 unspecified atom stereocenters. The van der Waals surface area contributed by atoms with E-state index in [1.165, 1.54) is 0 Å². The van der Waals surface area contributed by atoms with Crippen LogP contribution in [0.25, 0.3) is 0 Å². The Hall–Kier alpha value is -2.66. The Morgan fingerprint density at radius 1 is 0.960 bits per heavy atom. The normalized spacial score (nSPS) is 10.3. The number of amides is 2. The number of carbonyl (C=O) groups is 2.